The van der Waals surface area contributed by atoms with Gasteiger partial charge in [-0.05, 0) is 26.0 Å². The van der Waals surface area contributed by atoms with E-state index in [4.69, 9.17) is 14.6 Å². The van der Waals surface area contributed by atoms with Gasteiger partial charge in [-0.2, -0.15) is 0 Å². The van der Waals surface area contributed by atoms with Crippen LogP contribution in [0.1, 0.15) is 20.3 Å². The molecule has 0 rings (SSSR count). The highest BCUT2D eigenvalue weighted by molar-refractivity contribution is 5.93. The van der Waals surface area contributed by atoms with Crippen LogP contribution < -0.4 is 0 Å². The molecule has 0 amide bonds. The Balaban J connectivity index is 4.52. The molecule has 0 bridgehead atoms. The summed E-state index contributed by atoms with van der Waals surface area (Å²) >= 11 is 0. The summed E-state index contributed by atoms with van der Waals surface area (Å²) in [7, 11) is 0. The summed E-state index contributed by atoms with van der Waals surface area (Å²) in [6.07, 6.45) is 3.87. The molecule has 5 nitrogen and oxygen atoms in total. The number of carbonyl (C=O) groups is 2. The summed E-state index contributed by atoms with van der Waals surface area (Å²) in [5.74, 6) is -1.70. The van der Waals surface area contributed by atoms with Gasteiger partial charge >= 0.3 is 11.9 Å². The highest BCUT2D eigenvalue weighted by Crippen LogP contribution is 2.05. The van der Waals surface area contributed by atoms with E-state index < -0.39 is 11.9 Å². The Bertz CT molecular complexity index is 291. The van der Waals surface area contributed by atoms with Gasteiger partial charge in [0.25, 0.3) is 0 Å². The second kappa shape index (κ2) is 8.52. The molecule has 0 aromatic heterocycles. The van der Waals surface area contributed by atoms with E-state index in [1.165, 1.54) is 18.4 Å². The van der Waals surface area contributed by atoms with E-state index in [0.717, 1.165) is 0 Å². The first-order chi connectivity index (χ1) is 7.61. The lowest BCUT2D eigenvalue weighted by molar-refractivity contribution is -0.142. The van der Waals surface area contributed by atoms with Crippen molar-refractivity contribution in [2.75, 3.05) is 13.2 Å². The van der Waals surface area contributed by atoms with Gasteiger partial charge in [-0.3, -0.25) is 4.79 Å². The van der Waals surface area contributed by atoms with E-state index in [9.17, 15) is 9.59 Å². The van der Waals surface area contributed by atoms with Gasteiger partial charge in [0, 0.05) is 5.57 Å². The summed E-state index contributed by atoms with van der Waals surface area (Å²) in [6.45, 7) is 4.20. The minimum atomic E-state index is -1.08. The van der Waals surface area contributed by atoms with Gasteiger partial charge in [-0.1, -0.05) is 0 Å². The Morgan fingerprint density at radius 2 is 1.94 bits per heavy atom. The van der Waals surface area contributed by atoms with Gasteiger partial charge in [0.2, 0.25) is 0 Å². The van der Waals surface area contributed by atoms with Crippen LogP contribution in [0.2, 0.25) is 0 Å². The third-order valence-corrected chi connectivity index (χ3v) is 1.52. The summed E-state index contributed by atoms with van der Waals surface area (Å²) in [6, 6.07) is 0. The number of aliphatic carboxylic acids is 1. The Morgan fingerprint density at radius 3 is 2.44 bits per heavy atom. The number of hydrogen-bond acceptors (Lipinski definition) is 4. The average Bonchev–Trinajstić information content (AvgIpc) is 2.22. The van der Waals surface area contributed by atoms with Crippen molar-refractivity contribution in [1.82, 2.24) is 0 Å². The molecule has 0 aliphatic rings. The lowest BCUT2D eigenvalue weighted by Gasteiger charge is -2.03. The first kappa shape index (κ1) is 14.2. The van der Waals surface area contributed by atoms with Crippen molar-refractivity contribution in [2.45, 2.75) is 20.3 Å². The van der Waals surface area contributed by atoms with Gasteiger partial charge in [0.1, 0.15) is 0 Å². The maximum absolute atomic E-state index is 11.3. The smallest absolute Gasteiger partial charge is 0.334 e. The zero-order valence-corrected chi connectivity index (χ0v) is 9.43. The van der Waals surface area contributed by atoms with E-state index in [1.54, 1.807) is 6.92 Å². The highest BCUT2D eigenvalue weighted by Gasteiger charge is 2.13. The van der Waals surface area contributed by atoms with Crippen LogP contribution >= 0.6 is 0 Å². The Morgan fingerprint density at radius 1 is 1.25 bits per heavy atom. The van der Waals surface area contributed by atoms with Crippen LogP contribution in [0.5, 0.6) is 0 Å². The van der Waals surface area contributed by atoms with Crippen molar-refractivity contribution in [3.8, 4) is 0 Å². The third-order valence-electron chi connectivity index (χ3n) is 1.52. The largest absolute Gasteiger partial charge is 0.501 e. The third kappa shape index (κ3) is 6.64. The molecule has 0 aliphatic heterocycles. The number of esters is 1. The SMILES string of the molecule is CCO/C=C/C=C(\CC(=O)O)C(=O)OCC. The predicted octanol–water partition coefficient (Wildman–Crippen LogP) is 1.50. The molecule has 0 aliphatic carbocycles. The van der Waals surface area contributed by atoms with E-state index in [-0.39, 0.29) is 18.6 Å². The normalized spacial score (nSPS) is 11.5. The minimum absolute atomic E-state index is 0.0882. The molecule has 0 unspecified atom stereocenters. The molecule has 0 heterocycles. The second-order valence-electron chi connectivity index (χ2n) is 2.77. The van der Waals surface area contributed by atoms with E-state index in [1.807, 2.05) is 6.92 Å². The lowest BCUT2D eigenvalue weighted by Crippen LogP contribution is -2.11. The lowest BCUT2D eigenvalue weighted by atomic mass is 10.2. The van der Waals surface area contributed by atoms with Crippen LogP contribution in [0, 0.1) is 0 Å². The summed E-state index contributed by atoms with van der Waals surface area (Å²) in [4.78, 5) is 21.8. The van der Waals surface area contributed by atoms with Gasteiger partial charge in [0.05, 0.1) is 25.9 Å². The van der Waals surface area contributed by atoms with Crippen LogP contribution in [-0.2, 0) is 19.1 Å². The molecular weight excluding hydrogens is 212 g/mol. The summed E-state index contributed by atoms with van der Waals surface area (Å²) in [5, 5.41) is 8.60. The standard InChI is InChI=1S/C11H16O5/c1-3-15-7-5-6-9(8-10(12)13)11(14)16-4-2/h5-7H,3-4,8H2,1-2H3,(H,12,13)/b7-5+,9-6+. The van der Waals surface area contributed by atoms with E-state index in [0.29, 0.717) is 6.61 Å². The number of rotatable bonds is 7. The molecule has 90 valence electrons. The van der Waals surface area contributed by atoms with Gasteiger partial charge in [-0.15, -0.1) is 0 Å². The van der Waals surface area contributed by atoms with Crippen molar-refractivity contribution < 1.29 is 24.2 Å². The Labute approximate surface area is 94.4 Å². The van der Waals surface area contributed by atoms with Gasteiger partial charge < -0.3 is 14.6 Å². The van der Waals surface area contributed by atoms with Gasteiger partial charge in [-0.25, -0.2) is 4.79 Å². The number of allylic oxidation sites excluding steroid dienone is 2. The molecule has 5 heteroatoms. The van der Waals surface area contributed by atoms with Crippen LogP contribution in [0.3, 0.4) is 0 Å². The maximum Gasteiger partial charge on any atom is 0.334 e. The number of hydrogen-bond donors (Lipinski definition) is 1. The van der Waals surface area contributed by atoms with Crippen LogP contribution in [0.4, 0.5) is 0 Å². The minimum Gasteiger partial charge on any atom is -0.501 e. The Hall–Kier alpha value is -1.78. The topological polar surface area (TPSA) is 72.8 Å². The number of carboxylic acid groups (broad SMARTS) is 1. The number of carbonyl (C=O) groups excluding carboxylic acids is 1. The molecule has 0 aromatic rings. The summed E-state index contributed by atoms with van der Waals surface area (Å²) < 4.78 is 9.62. The molecule has 0 saturated heterocycles. The monoisotopic (exact) mass is 228 g/mol. The molecular formula is C11H16O5. The molecule has 1 N–H and O–H groups in total. The second-order valence-corrected chi connectivity index (χ2v) is 2.77. The first-order valence-corrected chi connectivity index (χ1v) is 4.98. The zero-order chi connectivity index (χ0) is 12.4. The van der Waals surface area contributed by atoms with Gasteiger partial charge in [0.15, 0.2) is 0 Å². The quantitative estimate of drug-likeness (QED) is 0.309. The van der Waals surface area contributed by atoms with Crippen LogP contribution in [-0.4, -0.2) is 30.3 Å². The fourth-order valence-corrected chi connectivity index (χ4v) is 0.893. The van der Waals surface area contributed by atoms with Crippen molar-refractivity contribution in [1.29, 1.82) is 0 Å². The highest BCUT2D eigenvalue weighted by atomic mass is 16.5. The van der Waals surface area contributed by atoms with Crippen LogP contribution in [0.25, 0.3) is 0 Å². The first-order valence-electron chi connectivity index (χ1n) is 4.98. The fourth-order valence-electron chi connectivity index (χ4n) is 0.893. The number of carboxylic acids is 1. The molecule has 0 saturated carbocycles. The van der Waals surface area contributed by atoms with Crippen molar-refractivity contribution in [3.63, 3.8) is 0 Å². The van der Waals surface area contributed by atoms with Crippen LogP contribution in [0.15, 0.2) is 24.0 Å². The van der Waals surface area contributed by atoms with Crippen molar-refractivity contribution in [2.24, 2.45) is 0 Å². The average molecular weight is 228 g/mol. The molecule has 0 atom stereocenters. The maximum atomic E-state index is 11.3. The van der Waals surface area contributed by atoms with E-state index >= 15 is 0 Å². The fraction of sp³-hybridized carbons (Fsp3) is 0.455. The Kier molecular flexibility index (Phi) is 7.57. The van der Waals surface area contributed by atoms with E-state index in [2.05, 4.69) is 0 Å². The molecule has 0 fully saturated rings. The van der Waals surface area contributed by atoms with Crippen molar-refractivity contribution in [3.05, 3.63) is 24.0 Å². The molecule has 0 spiro atoms. The molecule has 0 radical (unpaired) electrons. The summed E-state index contributed by atoms with van der Waals surface area (Å²) in [5.41, 5.74) is 0.0882. The molecule has 16 heavy (non-hydrogen) atoms. The predicted molar refractivity (Wildman–Crippen MR) is 57.7 cm³/mol. The number of ether oxygens (including phenoxy) is 2. The zero-order valence-electron chi connectivity index (χ0n) is 9.43. The molecule has 0 aromatic carbocycles. The van der Waals surface area contributed by atoms with Crippen molar-refractivity contribution >= 4 is 11.9 Å².